The minimum atomic E-state index is -0.0739. The van der Waals surface area contributed by atoms with E-state index in [2.05, 4.69) is 34.0 Å². The Hall–Kier alpha value is -1.16. The summed E-state index contributed by atoms with van der Waals surface area (Å²) in [4.78, 5) is 30.2. The Labute approximate surface area is 157 Å². The number of amides is 2. The first-order valence-electron chi connectivity index (χ1n) is 7.42. The summed E-state index contributed by atoms with van der Waals surface area (Å²) in [5.41, 5.74) is 1.26. The molecule has 1 aliphatic heterocycles. The molecule has 1 saturated heterocycles. The molecule has 128 valence electrons. The number of likely N-dealkylation sites (tertiary alicyclic amines) is 1. The van der Waals surface area contributed by atoms with E-state index < -0.39 is 0 Å². The number of nitrogens with one attached hydrogen (secondary N) is 2. The van der Waals surface area contributed by atoms with Gasteiger partial charge < -0.3 is 10.6 Å². The Kier molecular flexibility index (Phi) is 8.53. The highest BCUT2D eigenvalue weighted by atomic mass is 127. The smallest absolute Gasteiger partial charge is 0.229 e. The number of thiophene rings is 1. The van der Waals surface area contributed by atoms with E-state index in [0.29, 0.717) is 44.9 Å². The number of carbonyl (C=O) groups excluding carboxylic acids is 2. The Morgan fingerprint density at radius 2 is 2.00 bits per heavy atom. The van der Waals surface area contributed by atoms with Gasteiger partial charge in [-0.3, -0.25) is 19.5 Å². The zero-order valence-electron chi connectivity index (χ0n) is 13.4. The molecule has 23 heavy (non-hydrogen) atoms. The van der Waals surface area contributed by atoms with Crippen molar-refractivity contribution in [1.82, 2.24) is 15.5 Å². The Balaban J connectivity index is 0.00000264. The van der Waals surface area contributed by atoms with Crippen LogP contribution in [0, 0.1) is 6.92 Å². The predicted molar refractivity (Wildman–Crippen MR) is 103 cm³/mol. The summed E-state index contributed by atoms with van der Waals surface area (Å²) in [6, 6.07) is 2.09. The average molecular weight is 450 g/mol. The average Bonchev–Trinajstić information content (AvgIpc) is 2.90. The molecule has 0 saturated carbocycles. The first kappa shape index (κ1) is 19.9. The molecule has 0 unspecified atom stereocenters. The van der Waals surface area contributed by atoms with Gasteiger partial charge >= 0.3 is 0 Å². The molecule has 1 aromatic rings. The first-order valence-corrected chi connectivity index (χ1v) is 8.30. The number of hydrogen-bond acceptors (Lipinski definition) is 4. The fraction of sp³-hybridized carbons (Fsp3) is 0.533. The van der Waals surface area contributed by atoms with Crippen molar-refractivity contribution in [3.8, 4) is 0 Å². The monoisotopic (exact) mass is 450 g/mol. The second-order valence-electron chi connectivity index (χ2n) is 5.17. The number of carbonyl (C=O) groups is 2. The number of nitrogens with zero attached hydrogens (tertiary/aromatic N) is 2. The molecule has 1 fully saturated rings. The van der Waals surface area contributed by atoms with Crippen LogP contribution in [0.5, 0.6) is 0 Å². The highest BCUT2D eigenvalue weighted by molar-refractivity contribution is 14.0. The zero-order chi connectivity index (χ0) is 15.9. The van der Waals surface area contributed by atoms with E-state index in [1.807, 2.05) is 0 Å². The van der Waals surface area contributed by atoms with Crippen LogP contribution in [0.2, 0.25) is 0 Å². The normalized spacial score (nSPS) is 15.4. The maximum Gasteiger partial charge on any atom is 0.229 e. The lowest BCUT2D eigenvalue weighted by Gasteiger charge is -2.25. The van der Waals surface area contributed by atoms with E-state index in [1.165, 1.54) is 15.3 Å². The summed E-state index contributed by atoms with van der Waals surface area (Å²) in [6.07, 6.45) is 1.61. The van der Waals surface area contributed by atoms with Crippen molar-refractivity contribution in [2.24, 2.45) is 4.99 Å². The Morgan fingerprint density at radius 3 is 2.57 bits per heavy atom. The van der Waals surface area contributed by atoms with Gasteiger partial charge in [-0.25, -0.2) is 0 Å². The fourth-order valence-corrected chi connectivity index (χ4v) is 3.15. The van der Waals surface area contributed by atoms with Gasteiger partial charge in [0, 0.05) is 37.9 Å². The third kappa shape index (κ3) is 5.76. The highest BCUT2D eigenvalue weighted by Gasteiger charge is 2.25. The summed E-state index contributed by atoms with van der Waals surface area (Å²) in [6.45, 7) is 3.68. The van der Waals surface area contributed by atoms with Crippen LogP contribution >= 0.6 is 35.3 Å². The molecule has 0 atom stereocenters. The highest BCUT2D eigenvalue weighted by Crippen LogP contribution is 2.14. The van der Waals surface area contributed by atoms with Crippen LogP contribution in [0.25, 0.3) is 0 Å². The Bertz CT molecular complexity index is 558. The molecule has 8 heteroatoms. The van der Waals surface area contributed by atoms with Gasteiger partial charge in [-0.05, 0) is 30.4 Å². The van der Waals surface area contributed by atoms with Crippen molar-refractivity contribution < 1.29 is 9.59 Å². The van der Waals surface area contributed by atoms with Crippen molar-refractivity contribution in [3.05, 3.63) is 21.9 Å². The number of rotatable bonds is 5. The van der Waals surface area contributed by atoms with Crippen molar-refractivity contribution in [3.63, 3.8) is 0 Å². The Morgan fingerprint density at radius 1 is 1.30 bits per heavy atom. The van der Waals surface area contributed by atoms with E-state index in [1.54, 1.807) is 18.4 Å². The summed E-state index contributed by atoms with van der Waals surface area (Å²) in [7, 11) is 1.70. The molecule has 0 aliphatic carbocycles. The molecule has 0 radical (unpaired) electrons. The van der Waals surface area contributed by atoms with E-state index in [4.69, 9.17) is 0 Å². The summed E-state index contributed by atoms with van der Waals surface area (Å²) in [5.74, 6) is 0.523. The predicted octanol–water partition coefficient (Wildman–Crippen LogP) is 1.88. The molecule has 2 N–H and O–H groups in total. The van der Waals surface area contributed by atoms with Gasteiger partial charge in [0.15, 0.2) is 5.96 Å². The molecule has 0 spiro atoms. The third-order valence-corrected chi connectivity index (χ3v) is 4.64. The van der Waals surface area contributed by atoms with Gasteiger partial charge in [-0.1, -0.05) is 0 Å². The molecular formula is C15H23IN4O2S. The largest absolute Gasteiger partial charge is 0.355 e. The second-order valence-corrected chi connectivity index (χ2v) is 6.17. The molecule has 0 aromatic carbocycles. The summed E-state index contributed by atoms with van der Waals surface area (Å²) < 4.78 is 0. The molecule has 2 amide bonds. The lowest BCUT2D eigenvalue weighted by atomic mass is 10.1. The zero-order valence-corrected chi connectivity index (χ0v) is 16.6. The van der Waals surface area contributed by atoms with Crippen LogP contribution in [0.3, 0.4) is 0 Å². The minimum Gasteiger partial charge on any atom is -0.355 e. The van der Waals surface area contributed by atoms with Gasteiger partial charge in [-0.2, -0.15) is 0 Å². The van der Waals surface area contributed by atoms with Gasteiger partial charge in [-0.15, -0.1) is 35.3 Å². The number of halogens is 1. The van der Waals surface area contributed by atoms with E-state index in [0.717, 1.165) is 0 Å². The first-order chi connectivity index (χ1) is 10.6. The van der Waals surface area contributed by atoms with Crippen LogP contribution in [0.15, 0.2) is 16.4 Å². The fourth-order valence-electron chi connectivity index (χ4n) is 2.31. The van der Waals surface area contributed by atoms with Crippen LogP contribution in [-0.4, -0.2) is 42.8 Å². The number of aryl methyl sites for hydroxylation is 1. The van der Waals surface area contributed by atoms with Crippen LogP contribution in [0.4, 0.5) is 0 Å². The quantitative estimate of drug-likeness (QED) is 0.311. The van der Waals surface area contributed by atoms with Crippen molar-refractivity contribution in [1.29, 1.82) is 0 Å². The van der Waals surface area contributed by atoms with E-state index in [9.17, 15) is 9.59 Å². The number of aliphatic imine (C=N–C) groups is 1. The lowest BCUT2D eigenvalue weighted by molar-refractivity contribution is -0.147. The van der Waals surface area contributed by atoms with Gasteiger partial charge in [0.2, 0.25) is 11.8 Å². The van der Waals surface area contributed by atoms with Gasteiger partial charge in [0.1, 0.15) is 0 Å². The number of hydrogen-bond donors (Lipinski definition) is 2. The second kappa shape index (κ2) is 9.86. The van der Waals surface area contributed by atoms with Crippen LogP contribution < -0.4 is 10.6 Å². The molecular weight excluding hydrogens is 427 g/mol. The molecule has 2 heterocycles. The third-order valence-electron chi connectivity index (χ3n) is 3.62. The van der Waals surface area contributed by atoms with Gasteiger partial charge in [0.25, 0.3) is 0 Å². The minimum absolute atomic E-state index is 0. The maximum atomic E-state index is 11.7. The molecule has 1 aromatic heterocycles. The van der Waals surface area contributed by atoms with E-state index in [-0.39, 0.29) is 35.8 Å². The standard InChI is InChI=1S/C15H22N4O2S.HI/c1-11-6-9-22-12(11)10-18-15(16-2)17-7-8-19-13(20)4-3-5-14(19)21;/h6,9H,3-5,7-8,10H2,1-2H3,(H2,16,17,18);1H. The maximum absolute atomic E-state index is 11.7. The van der Waals surface area contributed by atoms with Crippen molar-refractivity contribution in [2.75, 3.05) is 20.1 Å². The van der Waals surface area contributed by atoms with Gasteiger partial charge in [0.05, 0.1) is 6.54 Å². The molecule has 0 bridgehead atoms. The summed E-state index contributed by atoms with van der Waals surface area (Å²) in [5, 5.41) is 8.44. The lowest BCUT2D eigenvalue weighted by Crippen LogP contribution is -2.46. The molecule has 1 aliphatic rings. The number of guanidine groups is 1. The summed E-state index contributed by atoms with van der Waals surface area (Å²) >= 11 is 1.71. The SMILES string of the molecule is CN=C(NCCN1C(=O)CCCC1=O)NCc1sccc1C.I. The topological polar surface area (TPSA) is 73.8 Å². The van der Waals surface area contributed by atoms with Crippen molar-refractivity contribution in [2.45, 2.75) is 32.7 Å². The molecule has 2 rings (SSSR count). The molecule has 6 nitrogen and oxygen atoms in total. The number of imide groups is 1. The van der Waals surface area contributed by atoms with Crippen LogP contribution in [0.1, 0.15) is 29.7 Å². The van der Waals surface area contributed by atoms with Crippen LogP contribution in [-0.2, 0) is 16.1 Å². The van der Waals surface area contributed by atoms with Crippen molar-refractivity contribution >= 4 is 53.1 Å². The van der Waals surface area contributed by atoms with E-state index >= 15 is 0 Å². The number of piperidine rings is 1.